The first-order chi connectivity index (χ1) is 23.4. The number of aryl methyl sites for hydroxylation is 1. The summed E-state index contributed by atoms with van der Waals surface area (Å²) in [6.07, 6.45) is 4.69. The fourth-order valence-electron chi connectivity index (χ4n) is 5.77. The van der Waals surface area contributed by atoms with E-state index in [2.05, 4.69) is 20.0 Å². The summed E-state index contributed by atoms with van der Waals surface area (Å²) in [6, 6.07) is 23.7. The van der Waals surface area contributed by atoms with Crippen LogP contribution in [0, 0.1) is 6.92 Å². The van der Waals surface area contributed by atoms with Gasteiger partial charge in [0.1, 0.15) is 11.4 Å². The van der Waals surface area contributed by atoms with E-state index in [0.717, 1.165) is 23.8 Å². The van der Waals surface area contributed by atoms with Gasteiger partial charge in [0, 0.05) is 42.3 Å². The van der Waals surface area contributed by atoms with Gasteiger partial charge in [-0.05, 0) is 75.9 Å². The van der Waals surface area contributed by atoms with Gasteiger partial charge >= 0.3 is 6.09 Å². The van der Waals surface area contributed by atoms with Gasteiger partial charge in [-0.1, -0.05) is 54.6 Å². The summed E-state index contributed by atoms with van der Waals surface area (Å²) in [5, 5.41) is 4.82. The number of hydrogen-bond acceptors (Lipinski definition) is 9. The van der Waals surface area contributed by atoms with Crippen LogP contribution < -0.4 is 14.8 Å². The zero-order chi connectivity index (χ0) is 34.6. The molecule has 2 aromatic heterocycles. The van der Waals surface area contributed by atoms with Gasteiger partial charge in [-0.15, -0.1) is 0 Å². The molecular weight excluding hydrogens is 641 g/mol. The Labute approximate surface area is 286 Å². The molecule has 5 aromatic rings. The number of rotatable bonds is 9. The molecule has 1 atom stereocenters. The number of amides is 1. The molecule has 1 saturated heterocycles. The van der Waals surface area contributed by atoms with E-state index in [4.69, 9.17) is 14.5 Å². The van der Waals surface area contributed by atoms with Gasteiger partial charge in [-0.25, -0.2) is 28.2 Å². The Morgan fingerprint density at radius 2 is 1.76 bits per heavy atom. The third-order valence-corrected chi connectivity index (χ3v) is 9.23. The summed E-state index contributed by atoms with van der Waals surface area (Å²) in [7, 11) is -3.68. The lowest BCUT2D eigenvalue weighted by atomic mass is 10.0. The summed E-state index contributed by atoms with van der Waals surface area (Å²) in [5.41, 5.74) is 2.70. The molecule has 0 unspecified atom stereocenters. The van der Waals surface area contributed by atoms with Gasteiger partial charge < -0.3 is 19.7 Å². The molecule has 11 nitrogen and oxygen atoms in total. The minimum Gasteiger partial charge on any atom is -0.444 e. The Morgan fingerprint density at radius 1 is 0.939 bits per heavy atom. The Hall–Kier alpha value is -5.23. The Morgan fingerprint density at radius 3 is 2.55 bits per heavy atom. The number of piperidine rings is 1. The molecule has 0 bridgehead atoms. The van der Waals surface area contributed by atoms with Crippen LogP contribution in [0.4, 0.5) is 16.4 Å². The lowest BCUT2D eigenvalue weighted by Crippen LogP contribution is -2.47. The lowest BCUT2D eigenvalue weighted by molar-refractivity contribution is 0.0206. The molecule has 1 aliphatic rings. The van der Waals surface area contributed by atoms with E-state index in [9.17, 15) is 13.2 Å². The molecule has 3 heterocycles. The zero-order valence-corrected chi connectivity index (χ0v) is 28.8. The molecule has 49 heavy (non-hydrogen) atoms. The number of sulfonamides is 1. The van der Waals surface area contributed by atoms with Crippen molar-refractivity contribution in [1.82, 2.24) is 19.9 Å². The first-order valence-electron chi connectivity index (χ1n) is 16.2. The summed E-state index contributed by atoms with van der Waals surface area (Å²) < 4.78 is 41.1. The van der Waals surface area contributed by atoms with E-state index in [0.29, 0.717) is 58.6 Å². The summed E-state index contributed by atoms with van der Waals surface area (Å²) in [5.74, 6) is 1.18. The maximum atomic E-state index is 13.1. The lowest BCUT2D eigenvalue weighted by Gasteiger charge is -2.34. The highest BCUT2D eigenvalue weighted by molar-refractivity contribution is 7.91. The molecule has 6 rings (SSSR count). The zero-order valence-electron chi connectivity index (χ0n) is 28.0. The van der Waals surface area contributed by atoms with Crippen molar-refractivity contribution in [2.75, 3.05) is 23.1 Å². The second-order valence-corrected chi connectivity index (χ2v) is 14.8. The minimum atomic E-state index is -3.68. The largest absolute Gasteiger partial charge is 0.444 e. The highest BCUT2D eigenvalue weighted by Gasteiger charge is 2.28. The van der Waals surface area contributed by atoms with Crippen LogP contribution in [0.3, 0.4) is 0 Å². The van der Waals surface area contributed by atoms with Crippen molar-refractivity contribution < 1.29 is 22.7 Å². The second-order valence-electron chi connectivity index (χ2n) is 13.1. The number of fused-ring (bicyclic) bond motifs is 1. The fraction of sp³-hybridized carbons (Fsp3) is 0.297. The molecule has 1 amide bonds. The summed E-state index contributed by atoms with van der Waals surface area (Å²) >= 11 is 0. The standard InChI is InChI=1S/C37H40N6O5S/c1-25-17-18-28-29(14-8-16-32(28)42-49(45,46)24-26-11-6-5-7-12-26)33(25)47-34-30(15-9-20-38-34)31-19-21-39-35(41-31)40-27-13-10-22-43(23-27)36(44)48-37(2,3)4/h5-9,11-12,14-21,27,42H,10,13,22-24H2,1-4H3,(H,39,40,41)/t27-/m0/s1. The quantitative estimate of drug-likeness (QED) is 0.162. The second kappa shape index (κ2) is 14.1. The number of hydrogen-bond donors (Lipinski definition) is 2. The Balaban J connectivity index is 1.23. The number of ether oxygens (including phenoxy) is 2. The molecule has 3 aromatic carbocycles. The van der Waals surface area contributed by atoms with Crippen molar-refractivity contribution >= 4 is 38.5 Å². The SMILES string of the molecule is Cc1ccc2c(NS(=O)(=O)Cc3ccccc3)cccc2c1Oc1ncccc1-c1ccnc(N[C@H]2CCCN(C(=O)OC(C)(C)C)C2)n1. The number of carbonyl (C=O) groups is 1. The molecule has 2 N–H and O–H groups in total. The number of pyridine rings is 1. The Bertz CT molecular complexity index is 2070. The minimum absolute atomic E-state index is 0.0428. The van der Waals surface area contributed by atoms with Gasteiger partial charge in [-0.3, -0.25) is 4.72 Å². The monoisotopic (exact) mass is 680 g/mol. The maximum absolute atomic E-state index is 13.1. The van der Waals surface area contributed by atoms with Crippen LogP contribution in [0.2, 0.25) is 0 Å². The van der Waals surface area contributed by atoms with Crippen LogP contribution >= 0.6 is 0 Å². The number of benzene rings is 3. The average Bonchev–Trinajstić information content (AvgIpc) is 3.06. The molecule has 254 valence electrons. The summed E-state index contributed by atoms with van der Waals surface area (Å²) in [6.45, 7) is 8.63. The van der Waals surface area contributed by atoms with E-state index in [1.54, 1.807) is 47.6 Å². The van der Waals surface area contributed by atoms with Gasteiger partial charge in [0.25, 0.3) is 0 Å². The van der Waals surface area contributed by atoms with Crippen molar-refractivity contribution in [3.05, 3.63) is 102 Å². The van der Waals surface area contributed by atoms with Crippen molar-refractivity contribution in [1.29, 1.82) is 0 Å². The van der Waals surface area contributed by atoms with Gasteiger partial charge in [0.05, 0.1) is 22.7 Å². The van der Waals surface area contributed by atoms with Gasteiger partial charge in [-0.2, -0.15) is 0 Å². The molecule has 12 heteroatoms. The van der Waals surface area contributed by atoms with E-state index in [-0.39, 0.29) is 17.9 Å². The van der Waals surface area contributed by atoms with Crippen molar-refractivity contribution in [3.63, 3.8) is 0 Å². The average molecular weight is 681 g/mol. The third-order valence-electron chi connectivity index (χ3n) is 7.98. The fourth-order valence-corrected chi connectivity index (χ4v) is 6.99. The van der Waals surface area contributed by atoms with Crippen molar-refractivity contribution in [3.8, 4) is 22.9 Å². The number of nitrogens with one attached hydrogen (secondary N) is 2. The topological polar surface area (TPSA) is 136 Å². The molecule has 1 fully saturated rings. The highest BCUT2D eigenvalue weighted by atomic mass is 32.2. The molecule has 0 saturated carbocycles. The molecular formula is C37H40N6O5S. The van der Waals surface area contributed by atoms with E-state index >= 15 is 0 Å². The van der Waals surface area contributed by atoms with E-state index < -0.39 is 15.6 Å². The van der Waals surface area contributed by atoms with Crippen LogP contribution in [-0.4, -0.2) is 59.1 Å². The molecule has 0 aliphatic carbocycles. The van der Waals surface area contributed by atoms with Crippen LogP contribution in [-0.2, 0) is 20.5 Å². The van der Waals surface area contributed by atoms with Crippen LogP contribution in [0.1, 0.15) is 44.7 Å². The summed E-state index contributed by atoms with van der Waals surface area (Å²) in [4.78, 5) is 28.2. The van der Waals surface area contributed by atoms with E-state index in [1.807, 2.05) is 76.2 Å². The maximum Gasteiger partial charge on any atom is 0.410 e. The predicted octanol–water partition coefficient (Wildman–Crippen LogP) is 7.55. The van der Waals surface area contributed by atoms with E-state index in [1.165, 1.54) is 0 Å². The Kier molecular flexibility index (Phi) is 9.68. The normalized spacial score (nSPS) is 15.1. The van der Waals surface area contributed by atoms with Gasteiger partial charge in [0.2, 0.25) is 21.9 Å². The number of nitrogens with zero attached hydrogens (tertiary/aromatic N) is 4. The number of likely N-dealkylation sites (tertiary alicyclic amines) is 1. The van der Waals surface area contributed by atoms with Crippen molar-refractivity contribution in [2.24, 2.45) is 0 Å². The first kappa shape index (κ1) is 33.7. The van der Waals surface area contributed by atoms with Gasteiger partial charge in [0.15, 0.2) is 0 Å². The molecule has 0 radical (unpaired) electrons. The van der Waals surface area contributed by atoms with Crippen LogP contribution in [0.25, 0.3) is 22.0 Å². The number of carbonyl (C=O) groups excluding carboxylic acids is 1. The first-order valence-corrected chi connectivity index (χ1v) is 17.9. The molecule has 0 spiro atoms. The highest BCUT2D eigenvalue weighted by Crippen LogP contribution is 2.39. The number of anilines is 2. The van der Waals surface area contributed by atoms with Crippen LogP contribution in [0.15, 0.2) is 91.3 Å². The van der Waals surface area contributed by atoms with Crippen LogP contribution in [0.5, 0.6) is 11.6 Å². The third kappa shape index (κ3) is 8.44. The molecule has 1 aliphatic heterocycles. The number of aromatic nitrogens is 3. The predicted molar refractivity (Wildman–Crippen MR) is 191 cm³/mol. The van der Waals surface area contributed by atoms with Crippen molar-refractivity contribution in [2.45, 2.75) is 57.9 Å². The smallest absolute Gasteiger partial charge is 0.410 e.